The van der Waals surface area contributed by atoms with Gasteiger partial charge in [-0.15, -0.1) is 0 Å². The second kappa shape index (κ2) is 5.78. The Morgan fingerprint density at radius 3 is 2.15 bits per heavy atom. The van der Waals surface area contributed by atoms with Crippen molar-refractivity contribution in [2.24, 2.45) is 0 Å². The highest BCUT2D eigenvalue weighted by Gasteiger charge is 2.63. The van der Waals surface area contributed by atoms with Gasteiger partial charge in [0.1, 0.15) is 0 Å². The van der Waals surface area contributed by atoms with Gasteiger partial charge >= 0.3 is 0 Å². The minimum absolute atomic E-state index is 0.121. The fraction of sp³-hybridized carbons (Fsp3) is 0.217. The fourth-order valence-electron chi connectivity index (χ4n) is 4.23. The van der Waals surface area contributed by atoms with Crippen molar-refractivity contribution in [1.82, 2.24) is 0 Å². The van der Waals surface area contributed by atoms with Gasteiger partial charge in [0.05, 0.1) is 5.92 Å². The van der Waals surface area contributed by atoms with Crippen LogP contribution in [0.2, 0.25) is 0 Å². The van der Waals surface area contributed by atoms with Gasteiger partial charge in [0.25, 0.3) is 0 Å². The van der Waals surface area contributed by atoms with Crippen molar-refractivity contribution < 1.29 is 14.5 Å². The Hall–Kier alpha value is -2.46. The van der Waals surface area contributed by atoms with Crippen molar-refractivity contribution >= 4 is 0 Å². The third-order valence-corrected chi connectivity index (χ3v) is 5.45. The molecule has 130 valence electrons. The quantitative estimate of drug-likeness (QED) is 0.609. The van der Waals surface area contributed by atoms with E-state index in [1.807, 2.05) is 54.6 Å². The van der Waals surface area contributed by atoms with E-state index in [2.05, 4.69) is 37.3 Å². The zero-order valence-corrected chi connectivity index (χ0v) is 14.6. The molecule has 3 heteroatoms. The van der Waals surface area contributed by atoms with Gasteiger partial charge in [-0.25, -0.2) is 0 Å². The summed E-state index contributed by atoms with van der Waals surface area (Å²) in [6.45, 7) is 2.06. The molecular weight excluding hydrogens is 324 g/mol. The lowest BCUT2D eigenvalue weighted by Crippen LogP contribution is -2.43. The third kappa shape index (κ3) is 2.05. The van der Waals surface area contributed by atoms with Crippen molar-refractivity contribution in [2.45, 2.75) is 30.8 Å². The van der Waals surface area contributed by atoms with Crippen LogP contribution in [0.3, 0.4) is 0 Å². The lowest BCUT2D eigenvalue weighted by atomic mass is 9.75. The summed E-state index contributed by atoms with van der Waals surface area (Å²) in [6, 6.07) is 28.8. The van der Waals surface area contributed by atoms with Crippen LogP contribution < -0.4 is 0 Å². The Labute approximate surface area is 153 Å². The van der Waals surface area contributed by atoms with Crippen LogP contribution in [-0.4, -0.2) is 0 Å². The van der Waals surface area contributed by atoms with Gasteiger partial charge in [-0.05, 0) is 11.1 Å². The van der Waals surface area contributed by atoms with Gasteiger partial charge in [0.2, 0.25) is 11.6 Å². The molecule has 2 aliphatic heterocycles. The maximum absolute atomic E-state index is 6.66. The molecule has 1 unspecified atom stereocenters. The SMILES string of the molecule is CC[C@]12OO[C@](c3ccccc3)(O1)C(c1ccccc1)c1ccccc12. The molecule has 3 aromatic carbocycles. The summed E-state index contributed by atoms with van der Waals surface area (Å²) in [5.74, 6) is -2.01. The van der Waals surface area contributed by atoms with Crippen LogP contribution in [0.4, 0.5) is 0 Å². The molecule has 2 bridgehead atoms. The van der Waals surface area contributed by atoms with Crippen molar-refractivity contribution in [3.63, 3.8) is 0 Å². The first-order chi connectivity index (χ1) is 12.8. The van der Waals surface area contributed by atoms with Crippen molar-refractivity contribution in [2.75, 3.05) is 0 Å². The normalized spacial score (nSPS) is 29.3. The van der Waals surface area contributed by atoms with Gasteiger partial charge in [0, 0.05) is 17.5 Å². The first kappa shape index (κ1) is 15.8. The number of benzene rings is 3. The Balaban J connectivity index is 1.82. The molecule has 1 saturated heterocycles. The predicted octanol–water partition coefficient (Wildman–Crippen LogP) is 5.23. The van der Waals surface area contributed by atoms with Crippen molar-refractivity contribution in [3.8, 4) is 0 Å². The van der Waals surface area contributed by atoms with Gasteiger partial charge in [-0.3, -0.25) is 0 Å². The molecule has 3 atom stereocenters. The molecule has 0 saturated carbocycles. The molecule has 3 nitrogen and oxygen atoms in total. The van der Waals surface area contributed by atoms with E-state index in [4.69, 9.17) is 14.5 Å². The fourth-order valence-corrected chi connectivity index (χ4v) is 4.23. The Morgan fingerprint density at radius 2 is 1.42 bits per heavy atom. The molecule has 5 rings (SSSR count). The lowest BCUT2D eigenvalue weighted by Gasteiger charge is -2.42. The molecule has 26 heavy (non-hydrogen) atoms. The zero-order chi connectivity index (χ0) is 17.6. The smallest absolute Gasteiger partial charge is 0.241 e. The lowest BCUT2D eigenvalue weighted by molar-refractivity contribution is -0.356. The number of rotatable bonds is 3. The molecule has 2 heterocycles. The minimum atomic E-state index is -1.01. The van der Waals surface area contributed by atoms with Gasteiger partial charge in [-0.2, -0.15) is 9.78 Å². The monoisotopic (exact) mass is 344 g/mol. The van der Waals surface area contributed by atoms with Crippen molar-refractivity contribution in [3.05, 3.63) is 107 Å². The first-order valence-corrected chi connectivity index (χ1v) is 9.06. The first-order valence-electron chi connectivity index (χ1n) is 9.06. The van der Waals surface area contributed by atoms with E-state index in [-0.39, 0.29) is 5.92 Å². The summed E-state index contributed by atoms with van der Waals surface area (Å²) in [5.41, 5.74) is 4.33. The van der Waals surface area contributed by atoms with Gasteiger partial charge in [-0.1, -0.05) is 91.9 Å². The summed E-state index contributed by atoms with van der Waals surface area (Å²) in [6.07, 6.45) is 0.667. The second-order valence-electron chi connectivity index (χ2n) is 6.84. The standard InChI is InChI=1S/C23H20O3/c1-2-22-20-16-10-9-15-19(20)21(17-11-5-3-6-12-17)23(24-22,26-25-22)18-13-7-4-8-14-18/h3-16,21H,2H2,1H3/t21?,22-,23+/m1/s1. The van der Waals surface area contributed by atoms with Crippen LogP contribution in [0, 0.1) is 0 Å². The summed E-state index contributed by atoms with van der Waals surface area (Å²) < 4.78 is 6.66. The summed E-state index contributed by atoms with van der Waals surface area (Å²) in [4.78, 5) is 12.0. The molecular formula is C23H20O3. The molecule has 2 aliphatic rings. The average molecular weight is 344 g/mol. The van der Waals surface area contributed by atoms with E-state index in [0.29, 0.717) is 6.42 Å². The summed E-state index contributed by atoms with van der Waals surface area (Å²) in [7, 11) is 0. The molecule has 1 fully saturated rings. The maximum Gasteiger partial charge on any atom is 0.241 e. The van der Waals surface area contributed by atoms with E-state index < -0.39 is 11.6 Å². The van der Waals surface area contributed by atoms with Crippen molar-refractivity contribution in [1.29, 1.82) is 0 Å². The maximum atomic E-state index is 6.66. The van der Waals surface area contributed by atoms with Gasteiger partial charge < -0.3 is 4.74 Å². The molecule has 0 N–H and O–H groups in total. The van der Waals surface area contributed by atoms with Crippen LogP contribution in [-0.2, 0) is 26.1 Å². The van der Waals surface area contributed by atoms with E-state index in [9.17, 15) is 0 Å². The Kier molecular flexibility index (Phi) is 3.50. The molecule has 0 aliphatic carbocycles. The number of ether oxygens (including phenoxy) is 1. The second-order valence-corrected chi connectivity index (χ2v) is 6.84. The molecule has 3 aromatic rings. The Bertz CT molecular complexity index is 924. The highest BCUT2D eigenvalue weighted by atomic mass is 17.3. The topological polar surface area (TPSA) is 27.7 Å². The zero-order valence-electron chi connectivity index (χ0n) is 14.6. The van der Waals surface area contributed by atoms with Gasteiger partial charge in [0.15, 0.2) is 0 Å². The molecule has 0 radical (unpaired) electrons. The van der Waals surface area contributed by atoms with Crippen LogP contribution in [0.25, 0.3) is 0 Å². The van der Waals surface area contributed by atoms with E-state index in [1.165, 1.54) is 5.56 Å². The summed E-state index contributed by atoms with van der Waals surface area (Å²) in [5, 5.41) is 0. The molecule has 0 aromatic heterocycles. The van der Waals surface area contributed by atoms with Crippen LogP contribution >= 0.6 is 0 Å². The number of hydrogen-bond acceptors (Lipinski definition) is 3. The van der Waals surface area contributed by atoms with Crippen LogP contribution in [0.1, 0.15) is 41.5 Å². The molecule has 0 amide bonds. The van der Waals surface area contributed by atoms with E-state index >= 15 is 0 Å². The largest absolute Gasteiger partial charge is 0.303 e. The van der Waals surface area contributed by atoms with E-state index in [0.717, 1.165) is 16.7 Å². The minimum Gasteiger partial charge on any atom is -0.303 e. The number of hydrogen-bond donors (Lipinski definition) is 0. The summed E-state index contributed by atoms with van der Waals surface area (Å²) >= 11 is 0. The molecule has 0 spiro atoms. The highest BCUT2D eigenvalue weighted by Crippen LogP contribution is 2.61. The Morgan fingerprint density at radius 1 is 0.769 bits per heavy atom. The third-order valence-electron chi connectivity index (χ3n) is 5.45. The number of fused-ring (bicyclic) bond motifs is 4. The average Bonchev–Trinajstić information content (AvgIpc) is 3.07. The highest BCUT2D eigenvalue weighted by molar-refractivity contribution is 5.47. The van der Waals surface area contributed by atoms with Crippen LogP contribution in [0.5, 0.6) is 0 Å². The predicted molar refractivity (Wildman–Crippen MR) is 98.1 cm³/mol. The van der Waals surface area contributed by atoms with Crippen LogP contribution in [0.15, 0.2) is 84.9 Å². The van der Waals surface area contributed by atoms with E-state index in [1.54, 1.807) is 0 Å².